The van der Waals surface area contributed by atoms with E-state index in [1.807, 2.05) is 11.0 Å². The minimum absolute atomic E-state index is 0.0289. The average Bonchev–Trinajstić information content (AvgIpc) is 3.51. The van der Waals surface area contributed by atoms with Crippen LogP contribution in [0.1, 0.15) is 62.5 Å². The highest BCUT2D eigenvalue weighted by Crippen LogP contribution is 2.37. The number of amides is 3. The van der Waals surface area contributed by atoms with Gasteiger partial charge in [-0.1, -0.05) is 6.07 Å². The molecule has 2 fully saturated rings. The zero-order valence-corrected chi connectivity index (χ0v) is 24.9. The number of aryl methyl sites for hydroxylation is 3. The van der Waals surface area contributed by atoms with E-state index in [0.717, 1.165) is 49.7 Å². The number of likely N-dealkylation sites (tertiary alicyclic amines) is 1. The molecule has 1 aromatic heterocycles. The molecule has 1 aromatic carbocycles. The van der Waals surface area contributed by atoms with E-state index < -0.39 is 0 Å². The van der Waals surface area contributed by atoms with Crippen LogP contribution in [0.15, 0.2) is 24.8 Å². The van der Waals surface area contributed by atoms with Crippen molar-refractivity contribution in [1.29, 1.82) is 0 Å². The van der Waals surface area contributed by atoms with Crippen LogP contribution in [0.25, 0.3) is 0 Å². The minimum atomic E-state index is 0.0289. The molecular formula is C31H44N6O5. The van der Waals surface area contributed by atoms with Gasteiger partial charge < -0.3 is 24.6 Å². The number of piperidine rings is 2. The number of ether oxygens (including phenoxy) is 2. The Morgan fingerprint density at radius 3 is 2.71 bits per heavy atom. The van der Waals surface area contributed by atoms with Gasteiger partial charge in [-0.05, 0) is 74.0 Å². The second-order valence-electron chi connectivity index (χ2n) is 11.9. The first-order chi connectivity index (χ1) is 20.4. The fraction of sp³-hybridized carbons (Fsp3) is 0.645. The van der Waals surface area contributed by atoms with Crippen molar-refractivity contribution in [3.05, 3.63) is 35.9 Å². The number of benzene rings is 1. The highest BCUT2D eigenvalue weighted by molar-refractivity contribution is 5.78. The van der Waals surface area contributed by atoms with E-state index in [2.05, 4.69) is 26.4 Å². The monoisotopic (exact) mass is 580 g/mol. The Morgan fingerprint density at radius 2 is 1.93 bits per heavy atom. The molecule has 0 saturated carbocycles. The fourth-order valence-electron chi connectivity index (χ4n) is 7.00. The van der Waals surface area contributed by atoms with E-state index in [1.165, 1.54) is 6.33 Å². The van der Waals surface area contributed by atoms with Crippen LogP contribution in [0.4, 0.5) is 0 Å². The maximum absolute atomic E-state index is 13.8. The van der Waals surface area contributed by atoms with Crippen LogP contribution in [0.2, 0.25) is 0 Å². The Hall–Kier alpha value is -3.63. The van der Waals surface area contributed by atoms with Gasteiger partial charge in [-0.3, -0.25) is 19.1 Å². The maximum atomic E-state index is 13.8. The van der Waals surface area contributed by atoms with Crippen LogP contribution in [0.5, 0.6) is 11.5 Å². The summed E-state index contributed by atoms with van der Waals surface area (Å²) in [5.41, 5.74) is 2.07. The summed E-state index contributed by atoms with van der Waals surface area (Å²) >= 11 is 0. The molecule has 0 aliphatic carbocycles. The quantitative estimate of drug-likeness (QED) is 0.558. The summed E-state index contributed by atoms with van der Waals surface area (Å²) in [5, 5.41) is 7.18. The number of hydrogen-bond donors (Lipinski definition) is 1. The topological polar surface area (TPSA) is 119 Å². The molecule has 5 rings (SSSR count). The molecule has 228 valence electrons. The standard InChI is InChI=1S/C31H44N6O5/c1-41-27-16-22-10-11-30(40)37-18-23-15-25(19-35(17-23)29(39)9-5-13-36-21-32-20-34-36)26(37)7-3-8-28(38)33-12-4-6-24(14-22)31(27)42-2/h14,16,20-21,23,25-26H,3-13,15,17-19H2,1-2H3,(H,33,38)/t23-,25+,26-/m0/s1. The molecular weight excluding hydrogens is 536 g/mol. The molecule has 4 heterocycles. The number of methoxy groups -OCH3 is 2. The van der Waals surface area contributed by atoms with E-state index in [9.17, 15) is 14.4 Å². The lowest BCUT2D eigenvalue weighted by Crippen LogP contribution is -2.60. The van der Waals surface area contributed by atoms with Gasteiger partial charge in [-0.15, -0.1) is 0 Å². The lowest BCUT2D eigenvalue weighted by Gasteiger charge is -2.51. The van der Waals surface area contributed by atoms with Gasteiger partial charge in [0.1, 0.15) is 12.7 Å². The Balaban J connectivity index is 1.29. The molecule has 1 N–H and O–H groups in total. The Bertz CT molecular complexity index is 1230. The molecule has 11 heteroatoms. The van der Waals surface area contributed by atoms with Gasteiger partial charge in [0.05, 0.1) is 14.2 Å². The Morgan fingerprint density at radius 1 is 1.05 bits per heavy atom. The summed E-state index contributed by atoms with van der Waals surface area (Å²) in [7, 11) is 3.27. The molecule has 2 saturated heterocycles. The average molecular weight is 581 g/mol. The van der Waals surface area contributed by atoms with Gasteiger partial charge in [-0.2, -0.15) is 5.10 Å². The zero-order chi connectivity index (χ0) is 29.5. The molecule has 0 radical (unpaired) electrons. The summed E-state index contributed by atoms with van der Waals surface area (Å²) in [6.07, 6.45) is 9.87. The second-order valence-corrected chi connectivity index (χ2v) is 11.9. The number of nitrogens with zero attached hydrogens (tertiary/aromatic N) is 5. The molecule has 3 aliphatic heterocycles. The van der Waals surface area contributed by atoms with Crippen molar-refractivity contribution in [2.45, 2.75) is 76.8 Å². The number of hydrogen-bond acceptors (Lipinski definition) is 7. The molecule has 3 amide bonds. The molecule has 11 nitrogen and oxygen atoms in total. The van der Waals surface area contributed by atoms with Crippen molar-refractivity contribution in [1.82, 2.24) is 29.9 Å². The third kappa shape index (κ3) is 7.22. The van der Waals surface area contributed by atoms with Crippen molar-refractivity contribution < 1.29 is 23.9 Å². The lowest BCUT2D eigenvalue weighted by atomic mass is 9.77. The number of rotatable bonds is 6. The van der Waals surface area contributed by atoms with Crippen molar-refractivity contribution >= 4 is 17.7 Å². The minimum Gasteiger partial charge on any atom is -0.493 e. The predicted octanol–water partition coefficient (Wildman–Crippen LogP) is 2.62. The summed E-state index contributed by atoms with van der Waals surface area (Å²) < 4.78 is 13.0. The number of carbonyl (C=O) groups excluding carboxylic acids is 3. The maximum Gasteiger partial charge on any atom is 0.223 e. The second kappa shape index (κ2) is 14.0. The van der Waals surface area contributed by atoms with E-state index in [1.54, 1.807) is 25.2 Å². The molecule has 0 spiro atoms. The van der Waals surface area contributed by atoms with Crippen molar-refractivity contribution in [3.8, 4) is 11.5 Å². The van der Waals surface area contributed by atoms with Crippen molar-refractivity contribution in [3.63, 3.8) is 0 Å². The van der Waals surface area contributed by atoms with Crippen LogP contribution >= 0.6 is 0 Å². The summed E-state index contributed by atoms with van der Waals surface area (Å²) in [4.78, 5) is 47.6. The first-order valence-electron chi connectivity index (χ1n) is 15.3. The highest BCUT2D eigenvalue weighted by Gasteiger charge is 2.43. The third-order valence-corrected chi connectivity index (χ3v) is 8.98. The van der Waals surface area contributed by atoms with Gasteiger partial charge in [0, 0.05) is 58.0 Å². The Labute approximate surface area is 247 Å². The van der Waals surface area contributed by atoms with Gasteiger partial charge in [0.15, 0.2) is 11.5 Å². The number of aromatic nitrogens is 3. The first kappa shape index (κ1) is 29.8. The predicted molar refractivity (Wildman–Crippen MR) is 156 cm³/mol. The van der Waals surface area contributed by atoms with E-state index >= 15 is 0 Å². The van der Waals surface area contributed by atoms with Crippen molar-refractivity contribution in [2.75, 3.05) is 40.4 Å². The number of nitrogens with one attached hydrogen (secondary N) is 1. The van der Waals surface area contributed by atoms with Gasteiger partial charge in [0.25, 0.3) is 0 Å². The SMILES string of the molecule is COc1cc2cc(c1OC)CCCNC(=O)CCC[C@H]1[C@@H]3C[C@@H](CN(C(=O)CCCn4cncn4)C3)CN1C(=O)CC2. The normalized spacial score (nSPS) is 23.6. The summed E-state index contributed by atoms with van der Waals surface area (Å²) in [6, 6.07) is 4.10. The largest absolute Gasteiger partial charge is 0.493 e. The molecule has 3 aliphatic rings. The molecule has 42 heavy (non-hydrogen) atoms. The van der Waals surface area contributed by atoms with Crippen LogP contribution in [-0.2, 0) is 33.8 Å². The van der Waals surface area contributed by atoms with Crippen LogP contribution in [0.3, 0.4) is 0 Å². The van der Waals surface area contributed by atoms with Crippen LogP contribution in [0, 0.1) is 11.8 Å². The highest BCUT2D eigenvalue weighted by atomic mass is 16.5. The molecule has 0 unspecified atom stereocenters. The van der Waals surface area contributed by atoms with E-state index in [0.29, 0.717) is 69.9 Å². The summed E-state index contributed by atoms with van der Waals surface area (Å²) in [5.74, 6) is 2.22. The van der Waals surface area contributed by atoms with Crippen molar-refractivity contribution in [2.24, 2.45) is 11.8 Å². The number of fused-ring (bicyclic) bond motifs is 6. The Kier molecular flexibility index (Phi) is 9.97. The molecule has 4 bridgehead atoms. The van der Waals surface area contributed by atoms with E-state index in [-0.39, 0.29) is 35.6 Å². The van der Waals surface area contributed by atoms with Crippen LogP contribution in [-0.4, -0.2) is 88.7 Å². The third-order valence-electron chi connectivity index (χ3n) is 8.98. The number of carbonyl (C=O) groups is 3. The van der Waals surface area contributed by atoms with Gasteiger partial charge >= 0.3 is 0 Å². The van der Waals surface area contributed by atoms with E-state index in [4.69, 9.17) is 9.47 Å². The van der Waals surface area contributed by atoms with Crippen LogP contribution < -0.4 is 14.8 Å². The zero-order valence-electron chi connectivity index (χ0n) is 24.9. The molecule has 3 atom stereocenters. The van der Waals surface area contributed by atoms with Gasteiger partial charge in [-0.25, -0.2) is 4.98 Å². The fourth-order valence-corrected chi connectivity index (χ4v) is 7.00. The lowest BCUT2D eigenvalue weighted by molar-refractivity contribution is -0.145. The first-order valence-corrected chi connectivity index (χ1v) is 15.3. The smallest absolute Gasteiger partial charge is 0.223 e. The molecule has 2 aromatic rings. The van der Waals surface area contributed by atoms with Gasteiger partial charge in [0.2, 0.25) is 17.7 Å². The summed E-state index contributed by atoms with van der Waals surface area (Å²) in [6.45, 7) is 3.28.